The van der Waals surface area contributed by atoms with Crippen LogP contribution >= 0.6 is 0 Å². The van der Waals surface area contributed by atoms with E-state index in [1.807, 2.05) is 0 Å². The number of hydrogen-bond acceptors (Lipinski definition) is 4. The number of nitrogens with zero attached hydrogens (tertiary/aromatic N) is 1. The summed E-state index contributed by atoms with van der Waals surface area (Å²) in [5, 5.41) is 8.46. The van der Waals surface area contributed by atoms with E-state index in [9.17, 15) is 4.79 Å². The van der Waals surface area contributed by atoms with Gasteiger partial charge in [-0.2, -0.15) is 0 Å². The summed E-state index contributed by atoms with van der Waals surface area (Å²) in [6.07, 6.45) is 0. The SMILES string of the molecule is C=C(N)/C(=N\CCN)C(=O)O. The molecule has 0 radical (unpaired) electrons. The minimum atomic E-state index is -1.18. The van der Waals surface area contributed by atoms with Crippen LogP contribution in [-0.2, 0) is 4.79 Å². The predicted molar refractivity (Wildman–Crippen MR) is 42.3 cm³/mol. The summed E-state index contributed by atoms with van der Waals surface area (Å²) >= 11 is 0. The van der Waals surface area contributed by atoms with Gasteiger partial charge in [0.05, 0.1) is 12.2 Å². The predicted octanol–water partition coefficient (Wildman–Crippen LogP) is -1.06. The Labute approximate surface area is 64.4 Å². The van der Waals surface area contributed by atoms with Crippen LogP contribution < -0.4 is 11.5 Å². The fraction of sp³-hybridized carbons (Fsp3) is 0.333. The Morgan fingerprint density at radius 2 is 2.18 bits per heavy atom. The van der Waals surface area contributed by atoms with E-state index in [-0.39, 0.29) is 18.0 Å². The standard InChI is InChI=1S/C6H11N3O2/c1-4(8)5(6(10)11)9-3-2-7/h1-3,7-8H2,(H,10,11)/b9-5+. The molecule has 0 bridgehead atoms. The molecule has 11 heavy (non-hydrogen) atoms. The van der Waals surface area contributed by atoms with E-state index < -0.39 is 5.97 Å². The maximum absolute atomic E-state index is 10.3. The Balaban J connectivity index is 4.33. The van der Waals surface area contributed by atoms with Crippen molar-refractivity contribution in [3.8, 4) is 0 Å². The first-order valence-electron chi connectivity index (χ1n) is 3.02. The molecule has 0 aromatic carbocycles. The minimum absolute atomic E-state index is 0.0500. The number of aliphatic imine (C=N–C) groups is 1. The van der Waals surface area contributed by atoms with Gasteiger partial charge in [0.15, 0.2) is 5.71 Å². The summed E-state index contributed by atoms with van der Waals surface area (Å²) in [5.74, 6) is -1.18. The lowest BCUT2D eigenvalue weighted by Gasteiger charge is -1.97. The Bertz CT molecular complexity index is 182. The highest BCUT2D eigenvalue weighted by Gasteiger charge is 2.09. The smallest absolute Gasteiger partial charge is 0.356 e. The van der Waals surface area contributed by atoms with Gasteiger partial charge in [-0.05, 0) is 0 Å². The Morgan fingerprint density at radius 3 is 2.45 bits per heavy atom. The van der Waals surface area contributed by atoms with Crippen molar-refractivity contribution in [1.29, 1.82) is 0 Å². The summed E-state index contributed by atoms with van der Waals surface area (Å²) in [6, 6.07) is 0. The molecule has 5 nitrogen and oxygen atoms in total. The molecule has 0 fully saturated rings. The van der Waals surface area contributed by atoms with Crippen LogP contribution in [0.4, 0.5) is 0 Å². The third kappa shape index (κ3) is 3.36. The van der Waals surface area contributed by atoms with E-state index in [1.54, 1.807) is 0 Å². The molecule has 0 aromatic rings. The first-order valence-corrected chi connectivity index (χ1v) is 3.02. The number of carbonyl (C=O) groups is 1. The zero-order chi connectivity index (χ0) is 8.85. The highest BCUT2D eigenvalue weighted by Crippen LogP contribution is 1.87. The van der Waals surface area contributed by atoms with Gasteiger partial charge in [-0.3, -0.25) is 4.99 Å². The molecule has 5 heteroatoms. The second-order valence-corrected chi connectivity index (χ2v) is 1.85. The molecule has 0 heterocycles. The van der Waals surface area contributed by atoms with Crippen molar-refractivity contribution < 1.29 is 9.90 Å². The second-order valence-electron chi connectivity index (χ2n) is 1.85. The summed E-state index contributed by atoms with van der Waals surface area (Å²) in [7, 11) is 0. The largest absolute Gasteiger partial charge is 0.476 e. The molecule has 0 saturated carbocycles. The molecule has 0 aliphatic rings. The summed E-state index contributed by atoms with van der Waals surface area (Å²) in [6.45, 7) is 3.80. The van der Waals surface area contributed by atoms with Crippen molar-refractivity contribution in [2.24, 2.45) is 16.5 Å². The number of rotatable bonds is 4. The van der Waals surface area contributed by atoms with Crippen molar-refractivity contribution in [2.75, 3.05) is 13.1 Å². The molecule has 62 valence electrons. The highest BCUT2D eigenvalue weighted by molar-refractivity contribution is 6.42. The molecule has 0 aliphatic carbocycles. The number of carboxylic acids is 1. The monoisotopic (exact) mass is 157 g/mol. The molecule has 0 aromatic heterocycles. The van der Waals surface area contributed by atoms with Gasteiger partial charge in [-0.25, -0.2) is 4.79 Å². The van der Waals surface area contributed by atoms with Crippen LogP contribution in [0.15, 0.2) is 17.3 Å². The van der Waals surface area contributed by atoms with Crippen LogP contribution in [0.2, 0.25) is 0 Å². The van der Waals surface area contributed by atoms with E-state index in [0.717, 1.165) is 0 Å². The molecule has 0 spiro atoms. The number of nitrogens with two attached hydrogens (primary N) is 2. The Kier molecular flexibility index (Phi) is 3.90. The lowest BCUT2D eigenvalue weighted by Crippen LogP contribution is -2.21. The molecule has 0 aliphatic heterocycles. The van der Waals surface area contributed by atoms with Gasteiger partial charge in [0.2, 0.25) is 0 Å². The van der Waals surface area contributed by atoms with Crippen LogP contribution in [0.1, 0.15) is 0 Å². The third-order valence-corrected chi connectivity index (χ3v) is 0.906. The average Bonchev–Trinajstić information content (AvgIpc) is 1.87. The number of hydrogen-bond donors (Lipinski definition) is 3. The van der Waals surface area contributed by atoms with Crippen LogP contribution in [0, 0.1) is 0 Å². The zero-order valence-corrected chi connectivity index (χ0v) is 6.08. The first-order chi connectivity index (χ1) is 5.09. The van der Waals surface area contributed by atoms with Crippen LogP contribution in [0.25, 0.3) is 0 Å². The maximum atomic E-state index is 10.3. The third-order valence-electron chi connectivity index (χ3n) is 0.906. The van der Waals surface area contributed by atoms with Crippen molar-refractivity contribution in [1.82, 2.24) is 0 Å². The second kappa shape index (κ2) is 4.45. The van der Waals surface area contributed by atoms with E-state index in [0.29, 0.717) is 6.54 Å². The topological polar surface area (TPSA) is 102 Å². The lowest BCUT2D eigenvalue weighted by molar-refractivity contribution is -0.129. The lowest BCUT2D eigenvalue weighted by atomic mass is 10.3. The zero-order valence-electron chi connectivity index (χ0n) is 6.08. The van der Waals surface area contributed by atoms with Crippen molar-refractivity contribution in [3.63, 3.8) is 0 Å². The van der Waals surface area contributed by atoms with E-state index >= 15 is 0 Å². The van der Waals surface area contributed by atoms with Gasteiger partial charge in [0.25, 0.3) is 0 Å². The normalized spacial score (nSPS) is 11.2. The van der Waals surface area contributed by atoms with E-state index in [1.165, 1.54) is 0 Å². The molecule has 0 amide bonds. The minimum Gasteiger partial charge on any atom is -0.476 e. The Morgan fingerprint density at radius 1 is 1.64 bits per heavy atom. The van der Waals surface area contributed by atoms with Gasteiger partial charge >= 0.3 is 5.97 Å². The van der Waals surface area contributed by atoms with Crippen molar-refractivity contribution >= 4 is 11.7 Å². The molecular weight excluding hydrogens is 146 g/mol. The first kappa shape index (κ1) is 9.64. The fourth-order valence-electron chi connectivity index (χ4n) is 0.483. The van der Waals surface area contributed by atoms with Gasteiger partial charge in [-0.15, -0.1) is 0 Å². The quantitative estimate of drug-likeness (QED) is 0.453. The summed E-state index contributed by atoms with van der Waals surface area (Å²) in [4.78, 5) is 13.9. The Hall–Kier alpha value is -1.36. The van der Waals surface area contributed by atoms with Crippen LogP contribution in [-0.4, -0.2) is 29.9 Å². The molecule has 5 N–H and O–H groups in total. The summed E-state index contributed by atoms with van der Waals surface area (Å²) < 4.78 is 0. The van der Waals surface area contributed by atoms with Crippen molar-refractivity contribution in [3.05, 3.63) is 12.3 Å². The van der Waals surface area contributed by atoms with E-state index in [2.05, 4.69) is 11.6 Å². The fourth-order valence-corrected chi connectivity index (χ4v) is 0.483. The number of carboxylic acid groups (broad SMARTS) is 1. The van der Waals surface area contributed by atoms with Crippen LogP contribution in [0.5, 0.6) is 0 Å². The van der Waals surface area contributed by atoms with Crippen LogP contribution in [0.3, 0.4) is 0 Å². The summed E-state index contributed by atoms with van der Waals surface area (Å²) in [5.41, 5.74) is 9.98. The molecule has 0 atom stereocenters. The average molecular weight is 157 g/mol. The van der Waals surface area contributed by atoms with Crippen molar-refractivity contribution in [2.45, 2.75) is 0 Å². The molecule has 0 rings (SSSR count). The molecule has 0 saturated heterocycles. The molecule has 0 unspecified atom stereocenters. The van der Waals surface area contributed by atoms with Gasteiger partial charge in [0, 0.05) is 6.54 Å². The van der Waals surface area contributed by atoms with E-state index in [4.69, 9.17) is 16.6 Å². The highest BCUT2D eigenvalue weighted by atomic mass is 16.4. The van der Waals surface area contributed by atoms with Gasteiger partial charge in [-0.1, -0.05) is 6.58 Å². The number of aliphatic carboxylic acids is 1. The molecular formula is C6H11N3O2. The van der Waals surface area contributed by atoms with Gasteiger partial charge in [0.1, 0.15) is 0 Å². The maximum Gasteiger partial charge on any atom is 0.356 e. The van der Waals surface area contributed by atoms with Gasteiger partial charge < -0.3 is 16.6 Å².